The van der Waals surface area contributed by atoms with Gasteiger partial charge in [0.1, 0.15) is 16.7 Å². The molecule has 1 aromatic heterocycles. The van der Waals surface area contributed by atoms with Gasteiger partial charge in [-0.2, -0.15) is 15.0 Å². The number of benzene rings is 1. The normalized spacial score (nSPS) is 15.4. The van der Waals surface area contributed by atoms with Gasteiger partial charge in [0.15, 0.2) is 0 Å². The highest BCUT2D eigenvalue weighted by atomic mass is 15.5. The maximum absolute atomic E-state index is 4.47. The highest BCUT2D eigenvalue weighted by molar-refractivity contribution is 5.73. The summed E-state index contributed by atoms with van der Waals surface area (Å²) in [6, 6.07) is 7.91. The summed E-state index contributed by atoms with van der Waals surface area (Å²) in [6.07, 6.45) is 0.935. The molecular formula is C11H16N4. The molecule has 0 aliphatic carbocycles. The molecule has 4 nitrogen and oxygen atoms in total. The Morgan fingerprint density at radius 3 is 2.20 bits per heavy atom. The van der Waals surface area contributed by atoms with Crippen LogP contribution in [-0.4, -0.2) is 22.0 Å². The Bertz CT molecular complexity index is 423. The van der Waals surface area contributed by atoms with Crippen LogP contribution < -0.4 is 5.32 Å². The molecule has 1 heterocycles. The van der Waals surface area contributed by atoms with Crippen LogP contribution in [0.2, 0.25) is 0 Å². The lowest BCUT2D eigenvalue weighted by Gasteiger charge is -2.26. The van der Waals surface area contributed by atoms with Crippen molar-refractivity contribution in [3.8, 4) is 0 Å². The van der Waals surface area contributed by atoms with Gasteiger partial charge in [0, 0.05) is 0 Å². The van der Waals surface area contributed by atoms with Gasteiger partial charge in [-0.1, -0.05) is 19.1 Å². The first kappa shape index (κ1) is 10.1. The standard InChI is InChI=1S/C11H16N4/c1-4-11(2,12-3)15-13-9-7-5-6-8-10(9)14-15/h5-8,12H,4H2,1-3H3. The van der Waals surface area contributed by atoms with Gasteiger partial charge in [-0.3, -0.25) is 5.32 Å². The molecule has 2 rings (SSSR count). The van der Waals surface area contributed by atoms with E-state index in [-0.39, 0.29) is 5.66 Å². The Kier molecular flexibility index (Phi) is 2.44. The topological polar surface area (TPSA) is 42.7 Å². The third kappa shape index (κ3) is 1.61. The molecule has 0 saturated carbocycles. The van der Waals surface area contributed by atoms with Crippen LogP contribution in [0.1, 0.15) is 20.3 Å². The van der Waals surface area contributed by atoms with Crippen molar-refractivity contribution in [3.05, 3.63) is 24.3 Å². The lowest BCUT2D eigenvalue weighted by atomic mass is 10.1. The summed E-state index contributed by atoms with van der Waals surface area (Å²) in [5.74, 6) is 0. The molecular weight excluding hydrogens is 188 g/mol. The second-order valence-corrected chi connectivity index (χ2v) is 3.86. The first-order chi connectivity index (χ1) is 7.19. The van der Waals surface area contributed by atoms with Gasteiger partial charge in [0.05, 0.1) is 0 Å². The summed E-state index contributed by atoms with van der Waals surface area (Å²) >= 11 is 0. The first-order valence-electron chi connectivity index (χ1n) is 5.21. The lowest BCUT2D eigenvalue weighted by molar-refractivity contribution is 0.200. The van der Waals surface area contributed by atoms with Crippen LogP contribution in [0.15, 0.2) is 24.3 Å². The molecule has 80 valence electrons. The SMILES string of the molecule is CCC(C)(NC)n1nc2ccccc2n1. The zero-order chi connectivity index (χ0) is 10.9. The fourth-order valence-electron chi connectivity index (χ4n) is 1.50. The minimum atomic E-state index is -0.209. The third-order valence-electron chi connectivity index (χ3n) is 2.96. The van der Waals surface area contributed by atoms with Crippen LogP contribution >= 0.6 is 0 Å². The van der Waals surface area contributed by atoms with Crippen LogP contribution in [0, 0.1) is 0 Å². The number of hydrogen-bond donors (Lipinski definition) is 1. The van der Waals surface area contributed by atoms with Gasteiger partial charge >= 0.3 is 0 Å². The van der Waals surface area contributed by atoms with Gasteiger partial charge in [-0.25, -0.2) is 0 Å². The fourth-order valence-corrected chi connectivity index (χ4v) is 1.50. The summed E-state index contributed by atoms with van der Waals surface area (Å²) in [5.41, 5.74) is 1.67. The summed E-state index contributed by atoms with van der Waals surface area (Å²) in [5, 5.41) is 12.2. The third-order valence-corrected chi connectivity index (χ3v) is 2.96. The summed E-state index contributed by atoms with van der Waals surface area (Å²) < 4.78 is 0. The average molecular weight is 204 g/mol. The Labute approximate surface area is 89.3 Å². The van der Waals surface area contributed by atoms with E-state index in [9.17, 15) is 0 Å². The summed E-state index contributed by atoms with van der Waals surface area (Å²) in [7, 11) is 1.93. The number of nitrogens with zero attached hydrogens (tertiary/aromatic N) is 3. The van der Waals surface area contributed by atoms with Gasteiger partial charge in [0.2, 0.25) is 0 Å². The van der Waals surface area contributed by atoms with Crippen molar-refractivity contribution in [2.24, 2.45) is 0 Å². The van der Waals surface area contributed by atoms with Crippen LogP contribution in [0.3, 0.4) is 0 Å². The molecule has 4 heteroatoms. The van der Waals surface area contributed by atoms with Crippen LogP contribution in [0.5, 0.6) is 0 Å². The molecule has 0 aliphatic heterocycles. The Morgan fingerprint density at radius 2 is 1.80 bits per heavy atom. The van der Waals surface area contributed by atoms with Crippen LogP contribution in [0.4, 0.5) is 0 Å². The number of nitrogens with one attached hydrogen (secondary N) is 1. The van der Waals surface area contributed by atoms with E-state index in [1.54, 1.807) is 4.80 Å². The van der Waals surface area contributed by atoms with E-state index in [1.165, 1.54) is 0 Å². The Balaban J connectivity index is 2.52. The van der Waals surface area contributed by atoms with Gasteiger partial charge < -0.3 is 0 Å². The zero-order valence-electron chi connectivity index (χ0n) is 9.36. The molecule has 1 atom stereocenters. The number of fused-ring (bicyclic) bond motifs is 1. The molecule has 0 saturated heterocycles. The van der Waals surface area contributed by atoms with E-state index >= 15 is 0 Å². The minimum absolute atomic E-state index is 0.209. The molecule has 0 radical (unpaired) electrons. The molecule has 15 heavy (non-hydrogen) atoms. The molecule has 0 amide bonds. The largest absolute Gasteiger partial charge is 0.295 e. The van der Waals surface area contributed by atoms with Crippen LogP contribution in [-0.2, 0) is 5.66 Å². The average Bonchev–Trinajstić information content (AvgIpc) is 2.72. The van der Waals surface area contributed by atoms with Crippen molar-refractivity contribution in [2.75, 3.05) is 7.05 Å². The quantitative estimate of drug-likeness (QED) is 0.828. The van der Waals surface area contributed by atoms with Gasteiger partial charge in [-0.05, 0) is 32.5 Å². The second kappa shape index (κ2) is 3.62. The number of hydrogen-bond acceptors (Lipinski definition) is 3. The van der Waals surface area contributed by atoms with Crippen molar-refractivity contribution >= 4 is 11.0 Å². The monoisotopic (exact) mass is 204 g/mol. The number of aromatic nitrogens is 3. The second-order valence-electron chi connectivity index (χ2n) is 3.86. The first-order valence-corrected chi connectivity index (χ1v) is 5.21. The smallest absolute Gasteiger partial charge is 0.129 e. The Morgan fingerprint density at radius 1 is 1.27 bits per heavy atom. The van der Waals surface area contributed by atoms with E-state index in [4.69, 9.17) is 0 Å². The van der Waals surface area contributed by atoms with E-state index in [0.717, 1.165) is 17.5 Å². The fraction of sp³-hybridized carbons (Fsp3) is 0.455. The molecule has 2 aromatic rings. The predicted octanol–water partition coefficient (Wildman–Crippen LogP) is 1.73. The molecule has 1 aromatic carbocycles. The Hall–Kier alpha value is -1.42. The van der Waals surface area contributed by atoms with Crippen LogP contribution in [0.25, 0.3) is 11.0 Å². The predicted molar refractivity (Wildman–Crippen MR) is 60.5 cm³/mol. The van der Waals surface area contributed by atoms with E-state index in [1.807, 2.05) is 31.3 Å². The minimum Gasteiger partial charge on any atom is -0.295 e. The lowest BCUT2D eigenvalue weighted by Crippen LogP contribution is -2.43. The van der Waals surface area contributed by atoms with Crippen molar-refractivity contribution in [3.63, 3.8) is 0 Å². The molecule has 0 bridgehead atoms. The summed E-state index contributed by atoms with van der Waals surface area (Å²) in [6.45, 7) is 4.20. The maximum Gasteiger partial charge on any atom is 0.129 e. The van der Waals surface area contributed by atoms with Crippen molar-refractivity contribution < 1.29 is 0 Å². The molecule has 0 spiro atoms. The highest BCUT2D eigenvalue weighted by Gasteiger charge is 2.24. The molecule has 1 N–H and O–H groups in total. The van der Waals surface area contributed by atoms with Crippen molar-refractivity contribution in [1.29, 1.82) is 0 Å². The maximum atomic E-state index is 4.47. The van der Waals surface area contributed by atoms with Crippen molar-refractivity contribution in [2.45, 2.75) is 25.9 Å². The van der Waals surface area contributed by atoms with Gasteiger partial charge in [0.25, 0.3) is 0 Å². The molecule has 0 fully saturated rings. The van der Waals surface area contributed by atoms with Gasteiger partial charge in [-0.15, -0.1) is 0 Å². The van der Waals surface area contributed by atoms with Crippen molar-refractivity contribution in [1.82, 2.24) is 20.3 Å². The zero-order valence-corrected chi connectivity index (χ0v) is 9.36. The van der Waals surface area contributed by atoms with E-state index in [0.29, 0.717) is 0 Å². The number of rotatable bonds is 3. The molecule has 0 aliphatic rings. The summed E-state index contributed by atoms with van der Waals surface area (Å²) in [4.78, 5) is 1.76. The van der Waals surface area contributed by atoms with E-state index in [2.05, 4.69) is 29.4 Å². The van der Waals surface area contributed by atoms with E-state index < -0.39 is 0 Å². The molecule has 1 unspecified atom stereocenters. The highest BCUT2D eigenvalue weighted by Crippen LogP contribution is 2.16.